The summed E-state index contributed by atoms with van der Waals surface area (Å²) >= 11 is -0.949. The van der Waals surface area contributed by atoms with Crippen molar-refractivity contribution in [3.05, 3.63) is 48.8 Å². The van der Waals surface area contributed by atoms with Crippen LogP contribution in [0.3, 0.4) is 0 Å². The van der Waals surface area contributed by atoms with Crippen LogP contribution in [0.1, 0.15) is 0 Å². The molecule has 1 aromatic carbocycles. The molecule has 0 amide bonds. The van der Waals surface area contributed by atoms with E-state index >= 15 is 0 Å². The Balaban J connectivity index is 2.42. The van der Waals surface area contributed by atoms with E-state index in [0.29, 0.717) is 0 Å². The number of hydrogen-bond acceptors (Lipinski definition) is 2. The highest BCUT2D eigenvalue weighted by Gasteiger charge is 2.05. The molecule has 0 N–H and O–H groups in total. The van der Waals surface area contributed by atoms with Gasteiger partial charge in [0, 0.05) is 18.5 Å². The van der Waals surface area contributed by atoms with Gasteiger partial charge in [0.1, 0.15) is 6.26 Å². The molecule has 15 heavy (non-hydrogen) atoms. The quantitative estimate of drug-likeness (QED) is 0.722. The van der Waals surface area contributed by atoms with Gasteiger partial charge in [0.2, 0.25) is 0 Å². The average molecular weight is 216 g/mol. The Hall–Kier alpha value is -1.32. The van der Waals surface area contributed by atoms with Crippen molar-refractivity contribution in [1.29, 1.82) is 0 Å². The van der Waals surface area contributed by atoms with Crippen LogP contribution >= 0.6 is 0 Å². The average Bonchev–Trinajstić information content (AvgIpc) is 2.30. The van der Waals surface area contributed by atoms with Crippen LogP contribution in [0.15, 0.2) is 47.6 Å². The molecular weight excluding hydrogens is 206 g/mol. The van der Waals surface area contributed by atoms with Gasteiger partial charge in [-0.25, -0.2) is 0 Å². The van der Waals surface area contributed by atoms with Gasteiger partial charge in [-0.05, 0) is 52.6 Å². The number of rotatable bonds is 2. The van der Waals surface area contributed by atoms with Gasteiger partial charge in [0.25, 0.3) is 0 Å². The predicted octanol–water partition coefficient (Wildman–Crippen LogP) is 2.29. The van der Waals surface area contributed by atoms with Crippen LogP contribution in [0.4, 0.5) is 0 Å². The molecule has 75 valence electrons. The van der Waals surface area contributed by atoms with Gasteiger partial charge >= 0.3 is 0 Å². The van der Waals surface area contributed by atoms with E-state index in [1.807, 2.05) is 24.3 Å². The third kappa shape index (κ3) is 2.37. The summed E-state index contributed by atoms with van der Waals surface area (Å²) in [5, 5.41) is 0. The number of benzene rings is 1. The van der Waals surface area contributed by atoms with Crippen molar-refractivity contribution in [3.63, 3.8) is 0 Å². The van der Waals surface area contributed by atoms with Crippen molar-refractivity contribution in [3.8, 4) is 11.1 Å². The molecule has 0 fully saturated rings. The summed E-state index contributed by atoms with van der Waals surface area (Å²) in [6, 6.07) is 12.5. The van der Waals surface area contributed by atoms with Crippen molar-refractivity contribution in [2.24, 2.45) is 0 Å². The molecule has 1 heterocycles. The smallest absolute Gasteiger partial charge is 0.153 e. The maximum absolute atomic E-state index is 11.3. The first-order valence-corrected chi connectivity index (χ1v) is 6.09. The Bertz CT molecular complexity index is 442. The molecule has 0 saturated heterocycles. The summed E-state index contributed by atoms with van der Waals surface area (Å²) in [5.41, 5.74) is 1.99. The summed E-state index contributed by atoms with van der Waals surface area (Å²) in [5.74, 6) is 0. The van der Waals surface area contributed by atoms with Crippen molar-refractivity contribution < 1.29 is 4.55 Å². The van der Waals surface area contributed by atoms with E-state index in [1.165, 1.54) is 0 Å². The molecule has 3 heteroatoms. The highest BCUT2D eigenvalue weighted by molar-refractivity contribution is 7.90. The number of nitrogens with zero attached hydrogens (tertiary/aromatic N) is 1. The number of hydrogen-bond donors (Lipinski definition) is 0. The lowest BCUT2D eigenvalue weighted by molar-refractivity contribution is 0.601. The maximum Gasteiger partial charge on any atom is 0.153 e. The van der Waals surface area contributed by atoms with Crippen LogP contribution in [0, 0.1) is 6.07 Å². The van der Waals surface area contributed by atoms with E-state index in [1.54, 1.807) is 24.7 Å². The molecule has 2 aromatic rings. The Kier molecular flexibility index (Phi) is 3.04. The van der Waals surface area contributed by atoms with Crippen LogP contribution in [0.2, 0.25) is 0 Å². The highest BCUT2D eigenvalue weighted by atomic mass is 32.2. The first-order valence-electron chi connectivity index (χ1n) is 4.53. The maximum atomic E-state index is 11.3. The lowest BCUT2D eigenvalue weighted by Gasteiger charge is -2.05. The van der Waals surface area contributed by atoms with Gasteiger partial charge in [-0.15, -0.1) is 0 Å². The summed E-state index contributed by atoms with van der Waals surface area (Å²) < 4.78 is 11.3. The van der Waals surface area contributed by atoms with Crippen LogP contribution < -0.4 is 0 Å². The molecule has 2 rings (SSSR count). The Morgan fingerprint density at radius 3 is 2.67 bits per heavy atom. The van der Waals surface area contributed by atoms with Gasteiger partial charge in [0.15, 0.2) is 4.90 Å². The number of aromatic nitrogens is 1. The Morgan fingerprint density at radius 1 is 1.27 bits per heavy atom. The fraction of sp³-hybridized carbons (Fsp3) is 0.0833. The minimum absolute atomic E-state index is 0.820. The summed E-state index contributed by atoms with van der Waals surface area (Å²) in [7, 11) is 0. The van der Waals surface area contributed by atoms with Crippen molar-refractivity contribution in [2.75, 3.05) is 6.26 Å². The fourth-order valence-electron chi connectivity index (χ4n) is 1.32. The Morgan fingerprint density at radius 2 is 2.00 bits per heavy atom. The largest absolute Gasteiger partial charge is 0.612 e. The molecule has 1 atom stereocenters. The van der Waals surface area contributed by atoms with Crippen molar-refractivity contribution >= 4 is 11.2 Å². The third-order valence-corrected chi connectivity index (χ3v) is 3.01. The predicted molar refractivity (Wildman–Crippen MR) is 60.8 cm³/mol. The molecule has 2 nitrogen and oxygen atoms in total. The van der Waals surface area contributed by atoms with Crippen LogP contribution in [0.5, 0.6) is 0 Å². The summed E-state index contributed by atoms with van der Waals surface area (Å²) in [6.07, 6.45) is 5.14. The molecule has 1 unspecified atom stereocenters. The zero-order chi connectivity index (χ0) is 10.7. The SMILES string of the molecule is C[S+]([O-])c1cc[c]c(-c2ccncc2)c1. The third-order valence-electron chi connectivity index (χ3n) is 2.10. The van der Waals surface area contributed by atoms with E-state index in [4.69, 9.17) is 0 Å². The second-order valence-corrected chi connectivity index (χ2v) is 4.51. The molecule has 0 spiro atoms. The van der Waals surface area contributed by atoms with Crippen molar-refractivity contribution in [1.82, 2.24) is 4.98 Å². The molecule has 0 bridgehead atoms. The Labute approximate surface area is 92.2 Å². The number of pyridine rings is 1. The van der Waals surface area contributed by atoms with Crippen LogP contribution in [0.25, 0.3) is 11.1 Å². The molecule has 0 saturated carbocycles. The van der Waals surface area contributed by atoms with Crippen molar-refractivity contribution in [2.45, 2.75) is 4.90 Å². The van der Waals surface area contributed by atoms with Gasteiger partial charge < -0.3 is 4.55 Å². The van der Waals surface area contributed by atoms with E-state index < -0.39 is 11.2 Å². The lowest BCUT2D eigenvalue weighted by atomic mass is 10.1. The van der Waals surface area contributed by atoms with Gasteiger partial charge in [-0.3, -0.25) is 4.98 Å². The van der Waals surface area contributed by atoms with E-state index in [-0.39, 0.29) is 0 Å². The van der Waals surface area contributed by atoms with E-state index in [9.17, 15) is 4.55 Å². The van der Waals surface area contributed by atoms with Gasteiger partial charge in [-0.1, -0.05) is 0 Å². The molecular formula is C12H10NOS. The first-order chi connectivity index (χ1) is 7.27. The van der Waals surface area contributed by atoms with Crippen LogP contribution in [-0.2, 0) is 11.2 Å². The van der Waals surface area contributed by atoms with Gasteiger partial charge in [0.05, 0.1) is 0 Å². The summed E-state index contributed by atoms with van der Waals surface area (Å²) in [6.45, 7) is 0. The molecule has 0 aliphatic carbocycles. The minimum atomic E-state index is -0.949. The first kappa shape index (κ1) is 10.2. The monoisotopic (exact) mass is 216 g/mol. The zero-order valence-corrected chi connectivity index (χ0v) is 9.12. The molecule has 1 aromatic heterocycles. The topological polar surface area (TPSA) is 36.0 Å². The standard InChI is InChI=1S/C12H10NOS/c1-15(14)12-4-2-3-11(9-12)10-5-7-13-8-6-10/h2,4-9H,1H3. The fourth-order valence-corrected chi connectivity index (χ4v) is 1.87. The minimum Gasteiger partial charge on any atom is -0.612 e. The lowest BCUT2D eigenvalue weighted by Crippen LogP contribution is -1.96. The second kappa shape index (κ2) is 4.47. The van der Waals surface area contributed by atoms with E-state index in [2.05, 4.69) is 11.1 Å². The molecule has 1 radical (unpaired) electrons. The highest BCUT2D eigenvalue weighted by Crippen LogP contribution is 2.20. The normalized spacial score (nSPS) is 12.4. The molecule has 0 aliphatic rings. The summed E-state index contributed by atoms with van der Waals surface area (Å²) in [4.78, 5) is 4.77. The second-order valence-electron chi connectivity index (χ2n) is 3.13. The molecule has 0 aliphatic heterocycles. The van der Waals surface area contributed by atoms with Crippen LogP contribution in [-0.4, -0.2) is 15.8 Å². The van der Waals surface area contributed by atoms with E-state index in [0.717, 1.165) is 16.0 Å². The van der Waals surface area contributed by atoms with Gasteiger partial charge in [-0.2, -0.15) is 0 Å². The zero-order valence-electron chi connectivity index (χ0n) is 8.31.